The Hall–Kier alpha value is -9.85. The van der Waals surface area contributed by atoms with Crippen LogP contribution >= 0.6 is 0 Å². The van der Waals surface area contributed by atoms with Gasteiger partial charge in [0.05, 0.1) is 32.8 Å². The second-order valence-corrected chi connectivity index (χ2v) is 18.7. The van der Waals surface area contributed by atoms with Crippen molar-refractivity contribution >= 4 is 59.2 Å². The first kappa shape index (κ1) is 63.7. The number of hydrogen-bond acceptors (Lipinski definition) is 18. The molecule has 7 aromatic rings. The largest absolute Gasteiger partial charge is 0.478 e. The van der Waals surface area contributed by atoms with Gasteiger partial charge in [-0.25, -0.2) is 33.6 Å². The minimum atomic E-state index is -1.31. The molecule has 4 aromatic heterocycles. The molecule has 0 bridgehead atoms. The molecule has 0 aliphatic carbocycles. The lowest BCUT2D eigenvalue weighted by molar-refractivity contribution is -0.166. The average Bonchev–Trinajstić information content (AvgIpc) is 4.29. The highest BCUT2D eigenvalue weighted by molar-refractivity contribution is 5.88. The molecule has 432 valence electrons. The molecule has 0 radical (unpaired) electrons. The summed E-state index contributed by atoms with van der Waals surface area (Å²) in [4.78, 5) is 82.2. The zero-order valence-corrected chi connectivity index (χ0v) is 45.7. The zero-order chi connectivity index (χ0) is 59.2. The van der Waals surface area contributed by atoms with Crippen LogP contribution in [0.3, 0.4) is 0 Å². The summed E-state index contributed by atoms with van der Waals surface area (Å²) in [6.45, 7) is 12.6. The smallest absolute Gasteiger partial charge is 0.412 e. The molecule has 0 aliphatic rings. The topological polar surface area (TPSA) is 323 Å². The molecular formula is C55H67N11O15. The molecule has 0 aliphatic heterocycles. The van der Waals surface area contributed by atoms with Crippen LogP contribution in [0, 0.1) is 0 Å². The van der Waals surface area contributed by atoms with Crippen molar-refractivity contribution in [2.24, 2.45) is 0 Å². The molecule has 0 spiro atoms. The fourth-order valence-corrected chi connectivity index (χ4v) is 6.25. The Kier molecular flexibility index (Phi) is 25.8. The van der Waals surface area contributed by atoms with Crippen molar-refractivity contribution in [2.75, 3.05) is 22.6 Å². The van der Waals surface area contributed by atoms with Gasteiger partial charge in [-0.3, -0.25) is 34.7 Å². The van der Waals surface area contributed by atoms with E-state index in [1.54, 1.807) is 195 Å². The van der Waals surface area contributed by atoms with Crippen LogP contribution < -0.4 is 16.0 Å². The summed E-state index contributed by atoms with van der Waals surface area (Å²) in [7, 11) is 0. The molecule has 0 saturated carbocycles. The summed E-state index contributed by atoms with van der Waals surface area (Å²) in [5.74, 6) is -3.09. The van der Waals surface area contributed by atoms with Crippen molar-refractivity contribution in [2.45, 2.75) is 110 Å². The molecule has 26 nitrogen and oxygen atoms in total. The van der Waals surface area contributed by atoms with E-state index < -0.39 is 77.8 Å². The van der Waals surface area contributed by atoms with E-state index in [4.69, 9.17) is 33.5 Å². The number of esters is 3. The van der Waals surface area contributed by atoms with Crippen LogP contribution in [0.25, 0.3) is 0 Å². The molecule has 5 N–H and O–H groups in total. The number of carboxylic acid groups (broad SMARTS) is 1. The maximum atomic E-state index is 12.3. The molecule has 81 heavy (non-hydrogen) atoms. The third kappa shape index (κ3) is 26.4. The monoisotopic (exact) mass is 1120 g/mol. The first-order chi connectivity index (χ1) is 38.5. The molecule has 4 unspecified atom stereocenters. The van der Waals surface area contributed by atoms with E-state index in [2.05, 4.69) is 36.3 Å². The minimum absolute atomic E-state index is 0.0510. The second-order valence-electron chi connectivity index (χ2n) is 18.7. The predicted molar refractivity (Wildman–Crippen MR) is 292 cm³/mol. The van der Waals surface area contributed by atoms with Gasteiger partial charge in [-0.05, 0) is 109 Å². The number of nitrogens with one attached hydrogen (secondary N) is 3. The maximum Gasteiger partial charge on any atom is 0.412 e. The summed E-state index contributed by atoms with van der Waals surface area (Å²) in [5, 5.41) is 41.9. The fraction of sp³-hybridized carbons (Fsp3) is 0.327. The van der Waals surface area contributed by atoms with Crippen LogP contribution in [0.15, 0.2) is 165 Å². The van der Waals surface area contributed by atoms with E-state index in [0.29, 0.717) is 17.1 Å². The molecule has 4 heterocycles. The normalized spacial score (nSPS) is 12.1. The van der Waals surface area contributed by atoms with Crippen molar-refractivity contribution in [3.8, 4) is 0 Å². The first-order valence-corrected chi connectivity index (χ1v) is 25.1. The highest BCUT2D eigenvalue weighted by Gasteiger charge is 2.30. The highest BCUT2D eigenvalue weighted by atomic mass is 16.6. The number of aliphatic hydroxyl groups excluding tert-OH is 1. The van der Waals surface area contributed by atoms with Gasteiger partial charge in [-0.2, -0.15) is 20.4 Å². The number of aromatic nitrogens is 8. The number of carbonyl (C=O) groups excluding carboxylic acids is 6. The number of carboxylic acids is 1. The minimum Gasteiger partial charge on any atom is -0.478 e. The predicted octanol–water partition coefficient (Wildman–Crippen LogP) is 7.08. The molecule has 7 rings (SSSR count). The number of carbonyl (C=O) groups is 7. The van der Waals surface area contributed by atoms with Crippen molar-refractivity contribution in [3.63, 3.8) is 0 Å². The summed E-state index contributed by atoms with van der Waals surface area (Å²) in [6.07, 6.45) is 5.94. The average molecular weight is 1120 g/mol. The summed E-state index contributed by atoms with van der Waals surface area (Å²) in [6, 6.07) is 33.1. The Bertz CT molecular complexity index is 2930. The van der Waals surface area contributed by atoms with Crippen molar-refractivity contribution in [3.05, 3.63) is 165 Å². The summed E-state index contributed by atoms with van der Waals surface area (Å²) < 4.78 is 36.4. The maximum absolute atomic E-state index is 12.3. The van der Waals surface area contributed by atoms with Crippen LogP contribution in [0.1, 0.15) is 48.5 Å². The van der Waals surface area contributed by atoms with E-state index in [9.17, 15) is 38.7 Å². The summed E-state index contributed by atoms with van der Waals surface area (Å²) >= 11 is 0. The van der Waals surface area contributed by atoms with Crippen LogP contribution in [0.5, 0.6) is 0 Å². The van der Waals surface area contributed by atoms with E-state index >= 15 is 0 Å². The molecule has 3 aromatic carbocycles. The number of rotatable bonds is 19. The Balaban J connectivity index is 0.000000235. The molecule has 0 saturated heterocycles. The Morgan fingerprint density at radius 1 is 0.457 bits per heavy atom. The third-order valence-corrected chi connectivity index (χ3v) is 9.64. The number of aliphatic carboxylic acids is 1. The van der Waals surface area contributed by atoms with E-state index in [-0.39, 0.29) is 32.8 Å². The van der Waals surface area contributed by atoms with Gasteiger partial charge in [0.15, 0.2) is 6.10 Å². The van der Waals surface area contributed by atoms with E-state index in [0.717, 1.165) is 0 Å². The second kappa shape index (κ2) is 32.8. The van der Waals surface area contributed by atoms with Gasteiger partial charge in [-0.15, -0.1) is 0 Å². The fourth-order valence-electron chi connectivity index (χ4n) is 6.25. The molecule has 3 amide bonds. The van der Waals surface area contributed by atoms with Crippen molar-refractivity contribution in [1.82, 2.24) is 39.1 Å². The number of aliphatic hydroxyl groups is 1. The van der Waals surface area contributed by atoms with Crippen LogP contribution in [-0.4, -0.2) is 134 Å². The van der Waals surface area contributed by atoms with Crippen LogP contribution in [0.4, 0.5) is 31.4 Å². The molecule has 4 atom stereocenters. The van der Waals surface area contributed by atoms with E-state index in [1.165, 1.54) is 24.9 Å². The van der Waals surface area contributed by atoms with Crippen molar-refractivity contribution in [1.29, 1.82) is 0 Å². The molecular weight excluding hydrogens is 1050 g/mol. The SMILES string of the molecule is CC(C)(C)OC(=O)C(Cn1cccn1)OC(=O)Nc1ccccc1.CC(C)(C)OC(=O)C(O)Cn1cccn1.CCOC(=O)C(Cn1cccn1)OC(=O)Nc1ccccc1.O=C(Nc1ccccc1)OC(Cn1cccn1)C(=O)O. The lowest BCUT2D eigenvalue weighted by Gasteiger charge is -2.24. The van der Waals surface area contributed by atoms with Gasteiger partial charge in [-0.1, -0.05) is 54.6 Å². The summed E-state index contributed by atoms with van der Waals surface area (Å²) in [5.41, 5.74) is 0.417. The standard InChI is InChI=1S/C17H21N3O4.C15H17N3O4.C13H13N3O4.C10H16N2O3/c1-17(2,3)24-15(21)14(12-20-11-7-10-18-20)23-16(22)19-13-8-5-4-6-9-13;1-2-21-14(19)13(11-18-10-6-9-16-18)22-15(20)17-12-7-4-3-5-8-12;17-12(18)11(9-16-8-4-7-14-16)20-13(19)15-10-5-2-1-3-6-10;1-10(2,3)15-9(14)8(13)7-12-6-4-5-11-12/h4-11,14H,12H2,1-3H3,(H,19,22);3-10,13H,2,11H2,1H3,(H,17,20);1-8,11H,9H2,(H,15,19)(H,17,18);4-6,8,13H,7H2,1-3H3. The number of nitrogens with zero attached hydrogens (tertiary/aromatic N) is 8. The first-order valence-electron chi connectivity index (χ1n) is 25.1. The van der Waals surface area contributed by atoms with Gasteiger partial charge in [0.2, 0.25) is 18.3 Å². The quantitative estimate of drug-likeness (QED) is 0.0399. The van der Waals surface area contributed by atoms with Gasteiger partial charge >= 0.3 is 42.2 Å². The lowest BCUT2D eigenvalue weighted by atomic mass is 10.2. The Morgan fingerprint density at radius 3 is 1.07 bits per heavy atom. The third-order valence-electron chi connectivity index (χ3n) is 9.64. The number of ether oxygens (including phenoxy) is 6. The lowest BCUT2D eigenvalue weighted by Crippen LogP contribution is -2.38. The number of anilines is 3. The number of amides is 3. The van der Waals surface area contributed by atoms with Gasteiger partial charge in [0.25, 0.3) is 0 Å². The van der Waals surface area contributed by atoms with Gasteiger partial charge in [0, 0.05) is 66.6 Å². The van der Waals surface area contributed by atoms with Gasteiger partial charge < -0.3 is 38.6 Å². The van der Waals surface area contributed by atoms with Crippen LogP contribution in [0.2, 0.25) is 0 Å². The van der Waals surface area contributed by atoms with Crippen LogP contribution in [-0.2, 0) is 73.8 Å². The van der Waals surface area contributed by atoms with Crippen molar-refractivity contribution < 1.29 is 72.2 Å². The van der Waals surface area contributed by atoms with E-state index in [1.807, 2.05) is 12.1 Å². The Labute approximate surface area is 466 Å². The number of hydrogen-bond donors (Lipinski definition) is 5. The Morgan fingerprint density at radius 2 is 0.765 bits per heavy atom. The zero-order valence-electron chi connectivity index (χ0n) is 45.7. The highest BCUT2D eigenvalue weighted by Crippen LogP contribution is 2.14. The number of benzene rings is 3. The molecule has 26 heteroatoms. The number of para-hydroxylation sites is 3. The molecule has 0 fully saturated rings. The van der Waals surface area contributed by atoms with Gasteiger partial charge in [0.1, 0.15) is 11.2 Å².